The summed E-state index contributed by atoms with van der Waals surface area (Å²) in [5, 5.41) is 21.7. The van der Waals surface area contributed by atoms with Crippen LogP contribution < -0.4 is 4.74 Å². The normalized spacial score (nSPS) is 11.9. The molecule has 1 atom stereocenters. The van der Waals surface area contributed by atoms with E-state index in [1.54, 1.807) is 48.5 Å². The standard InChI is InChI=1S/C24H18Cl4N4O3S/c1-14-29-30-24(32(14)18-6-4-17(25)5-7-18)36-23(12-31(33)34)16-3-9-22(21(28)11-16)35-13-15-2-8-19(26)20(27)10-15/h2-11,23H,12-13H2,1H3/t23-/m0/s1. The van der Waals surface area contributed by atoms with Gasteiger partial charge in [-0.05, 0) is 66.6 Å². The number of nitrogens with zero attached hydrogens (tertiary/aromatic N) is 4. The molecular formula is C24H18Cl4N4O3S. The average molecular weight is 584 g/mol. The molecule has 1 aromatic heterocycles. The lowest BCUT2D eigenvalue weighted by Gasteiger charge is -2.16. The molecule has 12 heteroatoms. The molecule has 3 aromatic carbocycles. The number of benzene rings is 3. The third-order valence-corrected chi connectivity index (χ3v) is 7.62. The second-order valence-electron chi connectivity index (χ2n) is 7.69. The summed E-state index contributed by atoms with van der Waals surface area (Å²) in [5.74, 6) is 1.08. The third-order valence-electron chi connectivity index (χ3n) is 5.15. The molecule has 0 aliphatic rings. The number of hydrogen-bond donors (Lipinski definition) is 0. The molecule has 36 heavy (non-hydrogen) atoms. The molecule has 0 unspecified atom stereocenters. The predicted molar refractivity (Wildman–Crippen MR) is 144 cm³/mol. The quantitative estimate of drug-likeness (QED) is 0.113. The van der Waals surface area contributed by atoms with Crippen LogP contribution in [0, 0.1) is 17.0 Å². The van der Waals surface area contributed by atoms with Crippen LogP contribution in [0.2, 0.25) is 20.1 Å². The van der Waals surface area contributed by atoms with Gasteiger partial charge in [-0.25, -0.2) is 0 Å². The van der Waals surface area contributed by atoms with E-state index < -0.39 is 5.25 Å². The Kier molecular flexibility index (Phi) is 8.64. The van der Waals surface area contributed by atoms with E-state index in [9.17, 15) is 10.1 Å². The van der Waals surface area contributed by atoms with E-state index in [4.69, 9.17) is 51.1 Å². The van der Waals surface area contributed by atoms with E-state index in [2.05, 4.69) is 10.2 Å². The first-order chi connectivity index (χ1) is 17.2. The molecule has 0 spiro atoms. The van der Waals surface area contributed by atoms with Gasteiger partial charge in [0.1, 0.15) is 23.4 Å². The van der Waals surface area contributed by atoms with E-state index in [1.807, 2.05) is 23.6 Å². The van der Waals surface area contributed by atoms with Crippen LogP contribution in [0.3, 0.4) is 0 Å². The molecule has 0 saturated heterocycles. The van der Waals surface area contributed by atoms with Crippen molar-refractivity contribution >= 4 is 58.2 Å². The highest BCUT2D eigenvalue weighted by atomic mass is 35.5. The first kappa shape index (κ1) is 26.6. The summed E-state index contributed by atoms with van der Waals surface area (Å²) in [6, 6.07) is 17.5. The van der Waals surface area contributed by atoms with E-state index >= 15 is 0 Å². The molecule has 0 saturated carbocycles. The highest BCUT2D eigenvalue weighted by Gasteiger charge is 2.24. The lowest BCUT2D eigenvalue weighted by atomic mass is 10.1. The van der Waals surface area contributed by atoms with Crippen molar-refractivity contribution in [1.29, 1.82) is 0 Å². The van der Waals surface area contributed by atoms with Crippen molar-refractivity contribution in [2.45, 2.75) is 23.9 Å². The average Bonchev–Trinajstić information content (AvgIpc) is 3.20. The van der Waals surface area contributed by atoms with E-state index in [0.717, 1.165) is 11.3 Å². The lowest BCUT2D eigenvalue weighted by molar-refractivity contribution is -0.479. The van der Waals surface area contributed by atoms with Crippen LogP contribution in [0.15, 0.2) is 65.8 Å². The van der Waals surface area contributed by atoms with Crippen LogP contribution in [0.5, 0.6) is 5.75 Å². The van der Waals surface area contributed by atoms with Gasteiger partial charge in [0.05, 0.1) is 15.1 Å². The van der Waals surface area contributed by atoms with Gasteiger partial charge in [0.15, 0.2) is 5.16 Å². The SMILES string of the molecule is Cc1nnc(S[C@@H](C[N+](=O)[O-])c2ccc(OCc3ccc(Cl)c(Cl)c3)c(Cl)c2)n1-c1ccc(Cl)cc1. The molecule has 186 valence electrons. The molecule has 0 amide bonds. The van der Waals surface area contributed by atoms with Crippen LogP contribution in [-0.2, 0) is 6.61 Å². The van der Waals surface area contributed by atoms with Gasteiger partial charge < -0.3 is 4.74 Å². The van der Waals surface area contributed by atoms with Crippen LogP contribution >= 0.6 is 58.2 Å². The van der Waals surface area contributed by atoms with E-state index in [0.29, 0.717) is 42.4 Å². The number of hydrogen-bond acceptors (Lipinski definition) is 6. The third kappa shape index (κ3) is 6.44. The Bertz CT molecular complexity index is 1400. The Morgan fingerprint density at radius 2 is 1.72 bits per heavy atom. The summed E-state index contributed by atoms with van der Waals surface area (Å²) in [7, 11) is 0. The van der Waals surface area contributed by atoms with E-state index in [-0.39, 0.29) is 18.1 Å². The summed E-state index contributed by atoms with van der Waals surface area (Å²) in [6.07, 6.45) is 0. The predicted octanol–water partition coefficient (Wildman–Crippen LogP) is 7.88. The van der Waals surface area contributed by atoms with Crippen LogP contribution in [0.25, 0.3) is 5.69 Å². The van der Waals surface area contributed by atoms with Gasteiger partial charge >= 0.3 is 0 Å². The molecular weight excluding hydrogens is 566 g/mol. The minimum Gasteiger partial charge on any atom is -0.487 e. The number of rotatable bonds is 9. The van der Waals surface area contributed by atoms with Crippen molar-refractivity contribution in [3.05, 3.63) is 108 Å². The van der Waals surface area contributed by atoms with Crippen molar-refractivity contribution in [2.75, 3.05) is 6.54 Å². The fourth-order valence-electron chi connectivity index (χ4n) is 3.40. The van der Waals surface area contributed by atoms with Gasteiger partial charge in [-0.3, -0.25) is 14.7 Å². The topological polar surface area (TPSA) is 83.1 Å². The number of ether oxygens (including phenoxy) is 1. The number of aromatic nitrogens is 3. The maximum Gasteiger partial charge on any atom is 0.220 e. The largest absolute Gasteiger partial charge is 0.487 e. The van der Waals surface area contributed by atoms with Gasteiger partial charge in [0.2, 0.25) is 6.54 Å². The zero-order chi connectivity index (χ0) is 25.8. The molecule has 0 bridgehead atoms. The molecule has 0 N–H and O–H groups in total. The molecule has 4 rings (SSSR count). The Morgan fingerprint density at radius 1 is 0.972 bits per heavy atom. The molecule has 0 aliphatic heterocycles. The van der Waals surface area contributed by atoms with Gasteiger partial charge in [-0.1, -0.05) is 70.3 Å². The van der Waals surface area contributed by atoms with Gasteiger partial charge in [-0.15, -0.1) is 10.2 Å². The summed E-state index contributed by atoms with van der Waals surface area (Å²) >= 11 is 25.8. The number of thioether (sulfide) groups is 1. The maximum absolute atomic E-state index is 11.5. The Labute approximate surface area is 231 Å². The van der Waals surface area contributed by atoms with Crippen LogP contribution in [-0.4, -0.2) is 26.2 Å². The second-order valence-corrected chi connectivity index (χ2v) is 10.5. The van der Waals surface area contributed by atoms with Crippen molar-refractivity contribution in [3.8, 4) is 11.4 Å². The fraction of sp³-hybridized carbons (Fsp3) is 0.167. The molecule has 1 heterocycles. The Hall–Kier alpha value is -2.49. The van der Waals surface area contributed by atoms with Crippen molar-refractivity contribution in [1.82, 2.24) is 14.8 Å². The summed E-state index contributed by atoms with van der Waals surface area (Å²) in [6.45, 7) is 1.70. The summed E-state index contributed by atoms with van der Waals surface area (Å²) < 4.78 is 7.65. The monoisotopic (exact) mass is 582 g/mol. The second kappa shape index (κ2) is 11.7. The zero-order valence-corrected chi connectivity index (χ0v) is 22.5. The van der Waals surface area contributed by atoms with E-state index in [1.165, 1.54) is 11.8 Å². The number of nitro groups is 1. The van der Waals surface area contributed by atoms with Crippen LogP contribution in [0.1, 0.15) is 22.2 Å². The van der Waals surface area contributed by atoms with Gasteiger partial charge in [0.25, 0.3) is 0 Å². The Morgan fingerprint density at radius 3 is 2.39 bits per heavy atom. The van der Waals surface area contributed by atoms with Crippen molar-refractivity contribution in [2.24, 2.45) is 0 Å². The minimum absolute atomic E-state index is 0.229. The first-order valence-electron chi connectivity index (χ1n) is 10.5. The van der Waals surface area contributed by atoms with Gasteiger partial charge in [-0.2, -0.15) is 0 Å². The van der Waals surface area contributed by atoms with Crippen LogP contribution in [0.4, 0.5) is 0 Å². The summed E-state index contributed by atoms with van der Waals surface area (Å²) in [4.78, 5) is 11.1. The minimum atomic E-state index is -0.573. The molecule has 0 aliphatic carbocycles. The fourth-order valence-corrected chi connectivity index (χ4v) is 5.26. The Balaban J connectivity index is 1.56. The van der Waals surface area contributed by atoms with Crippen molar-refractivity contribution in [3.63, 3.8) is 0 Å². The smallest absolute Gasteiger partial charge is 0.220 e. The zero-order valence-electron chi connectivity index (χ0n) is 18.7. The molecule has 0 radical (unpaired) electrons. The maximum atomic E-state index is 11.5. The first-order valence-corrected chi connectivity index (χ1v) is 12.9. The number of aryl methyl sites for hydroxylation is 1. The van der Waals surface area contributed by atoms with Crippen molar-refractivity contribution < 1.29 is 9.66 Å². The molecule has 4 aromatic rings. The summed E-state index contributed by atoms with van der Waals surface area (Å²) in [5.41, 5.74) is 2.28. The lowest BCUT2D eigenvalue weighted by Crippen LogP contribution is -2.11. The highest BCUT2D eigenvalue weighted by Crippen LogP contribution is 2.39. The molecule has 7 nitrogen and oxygen atoms in total. The highest BCUT2D eigenvalue weighted by molar-refractivity contribution is 7.99. The van der Waals surface area contributed by atoms with Gasteiger partial charge in [0, 0.05) is 15.6 Å². The number of halogens is 4. The molecule has 0 fully saturated rings.